The topological polar surface area (TPSA) is 55.8 Å². The van der Waals surface area contributed by atoms with E-state index in [9.17, 15) is 9.46 Å². The van der Waals surface area contributed by atoms with Gasteiger partial charge in [0.25, 0.3) is 0 Å². The van der Waals surface area contributed by atoms with Gasteiger partial charge in [0.2, 0.25) is 0 Å². The van der Waals surface area contributed by atoms with Crippen LogP contribution in [-0.4, -0.2) is 49.3 Å². The minimum Gasteiger partial charge on any atom is -0.326 e. The fraction of sp³-hybridized carbons (Fsp3) is 0.931. The molecule has 0 aromatic heterocycles. The first-order valence-electron chi connectivity index (χ1n) is 14.9. The van der Waals surface area contributed by atoms with Crippen molar-refractivity contribution in [3.05, 3.63) is 11.6 Å². The summed E-state index contributed by atoms with van der Waals surface area (Å²) in [6.07, 6.45) is 23.9. The van der Waals surface area contributed by atoms with E-state index in [1.807, 2.05) is 5.57 Å². The lowest BCUT2D eigenvalue weighted by Crippen LogP contribution is -2.49. The molecule has 202 valence electrons. The van der Waals surface area contributed by atoms with Crippen molar-refractivity contribution in [2.24, 2.45) is 23.7 Å². The van der Waals surface area contributed by atoms with Crippen molar-refractivity contribution >= 4 is 7.82 Å². The van der Waals surface area contributed by atoms with Crippen LogP contribution < -0.4 is 0 Å². The monoisotopic (exact) mass is 510 g/mol. The molecule has 35 heavy (non-hydrogen) atoms. The highest BCUT2D eigenvalue weighted by Gasteiger charge is 2.45. The van der Waals surface area contributed by atoms with Crippen molar-refractivity contribution in [2.45, 2.75) is 121 Å². The van der Waals surface area contributed by atoms with E-state index in [1.54, 1.807) is 6.42 Å². The van der Waals surface area contributed by atoms with Gasteiger partial charge in [-0.25, -0.2) is 4.57 Å². The van der Waals surface area contributed by atoms with Crippen molar-refractivity contribution in [3.63, 3.8) is 0 Å². The molecular weight excluding hydrogens is 457 g/mol. The summed E-state index contributed by atoms with van der Waals surface area (Å²) in [6, 6.07) is 0.258. The molecule has 0 radical (unpaired) electrons. The molecule has 5 nitrogen and oxygen atoms in total. The fourth-order valence-corrected chi connectivity index (χ4v) is 8.94. The maximum atomic E-state index is 12.4. The zero-order valence-corrected chi connectivity index (χ0v) is 23.7. The molecule has 0 spiro atoms. The summed E-state index contributed by atoms with van der Waals surface area (Å²) in [5, 5.41) is 0. The lowest BCUT2D eigenvalue weighted by molar-refractivity contribution is -0.898. The standard InChI is InChI=1S/C29H52NO4P/c1-30(2,3)28-15-13-16-29(28)34-35(31,32)33-17-12-10-8-6-4-5-7-9-11-14-27-25-19-23-18-24(21-25)22-26(27)20-23/h14,23-26,28-29H,4-13,15-22H2,1-3H3/p+1/t23?,24?,25?,26?,28-,29-/m1/s1. The molecule has 3 atom stereocenters. The van der Waals surface area contributed by atoms with Crippen LogP contribution in [0.25, 0.3) is 0 Å². The Hall–Kier alpha value is -0.190. The van der Waals surface area contributed by atoms with Gasteiger partial charge in [-0.1, -0.05) is 50.2 Å². The Labute approximate surface area is 215 Å². The van der Waals surface area contributed by atoms with Crippen LogP contribution in [0.2, 0.25) is 0 Å². The highest BCUT2D eigenvalue weighted by atomic mass is 31.2. The van der Waals surface area contributed by atoms with Gasteiger partial charge in [0.1, 0.15) is 12.1 Å². The summed E-state index contributed by atoms with van der Waals surface area (Å²) >= 11 is 0. The van der Waals surface area contributed by atoms with Gasteiger partial charge < -0.3 is 9.38 Å². The van der Waals surface area contributed by atoms with Crippen molar-refractivity contribution in [3.8, 4) is 0 Å². The molecule has 5 rings (SSSR count). The molecule has 5 fully saturated rings. The van der Waals surface area contributed by atoms with Crippen molar-refractivity contribution in [2.75, 3.05) is 27.7 Å². The SMILES string of the molecule is C[N+](C)(C)[C@@H]1CCC[C@H]1OP(=O)(O)OCCCCCCCCCCC=C1C2CC3CC(C2)CC1C3. The molecule has 0 aliphatic heterocycles. The number of hydrogen-bond acceptors (Lipinski definition) is 3. The number of unbranched alkanes of at least 4 members (excludes halogenated alkanes) is 8. The Morgan fingerprint density at radius 3 is 2.03 bits per heavy atom. The third-order valence-electron chi connectivity index (χ3n) is 9.50. The van der Waals surface area contributed by atoms with Gasteiger partial charge in [0.15, 0.2) is 0 Å². The van der Waals surface area contributed by atoms with Crippen LogP contribution >= 0.6 is 7.82 Å². The highest BCUT2D eigenvalue weighted by molar-refractivity contribution is 7.47. The van der Waals surface area contributed by atoms with Crippen molar-refractivity contribution in [1.29, 1.82) is 0 Å². The minimum atomic E-state index is -3.96. The van der Waals surface area contributed by atoms with Gasteiger partial charge in [-0.2, -0.15) is 0 Å². The third kappa shape index (κ3) is 8.14. The van der Waals surface area contributed by atoms with Crippen LogP contribution in [0.1, 0.15) is 109 Å². The van der Waals surface area contributed by atoms with Crippen molar-refractivity contribution in [1.82, 2.24) is 0 Å². The average molecular weight is 511 g/mol. The first kappa shape index (κ1) is 27.8. The lowest BCUT2D eigenvalue weighted by Gasteiger charge is -2.51. The Morgan fingerprint density at radius 1 is 0.857 bits per heavy atom. The maximum Gasteiger partial charge on any atom is 0.472 e. The lowest BCUT2D eigenvalue weighted by atomic mass is 9.54. The summed E-state index contributed by atoms with van der Waals surface area (Å²) in [5.41, 5.74) is 1.87. The van der Waals surface area contributed by atoms with Crippen LogP contribution in [0.4, 0.5) is 0 Å². The van der Waals surface area contributed by atoms with E-state index in [1.165, 1.54) is 70.6 Å². The first-order chi connectivity index (χ1) is 16.7. The second kappa shape index (κ2) is 12.6. The van der Waals surface area contributed by atoms with E-state index in [2.05, 4.69) is 27.2 Å². The molecule has 1 N–H and O–H groups in total. The molecule has 0 amide bonds. The van der Waals surface area contributed by atoms with Gasteiger partial charge >= 0.3 is 7.82 Å². The van der Waals surface area contributed by atoms with Crippen LogP contribution in [0.5, 0.6) is 0 Å². The van der Waals surface area contributed by atoms with E-state index in [0.717, 1.165) is 60.3 Å². The van der Waals surface area contributed by atoms with E-state index in [-0.39, 0.29) is 12.1 Å². The average Bonchev–Trinajstić information content (AvgIpc) is 3.23. The van der Waals surface area contributed by atoms with Gasteiger partial charge in [-0.15, -0.1) is 0 Å². The summed E-state index contributed by atoms with van der Waals surface area (Å²) < 4.78 is 24.0. The number of phosphoric acid groups is 1. The zero-order valence-electron chi connectivity index (χ0n) is 22.8. The quantitative estimate of drug-likeness (QED) is 0.106. The number of phosphoric ester groups is 1. The largest absolute Gasteiger partial charge is 0.472 e. The summed E-state index contributed by atoms with van der Waals surface area (Å²) in [7, 11) is 2.41. The van der Waals surface area contributed by atoms with Crippen LogP contribution in [0.3, 0.4) is 0 Å². The van der Waals surface area contributed by atoms with Crippen LogP contribution in [0.15, 0.2) is 11.6 Å². The Morgan fingerprint density at radius 2 is 1.43 bits per heavy atom. The molecule has 5 aliphatic carbocycles. The summed E-state index contributed by atoms with van der Waals surface area (Å²) in [6.45, 7) is 0.313. The minimum absolute atomic E-state index is 0.185. The molecule has 6 heteroatoms. The van der Waals surface area contributed by atoms with Crippen LogP contribution in [0, 0.1) is 23.7 Å². The highest BCUT2D eigenvalue weighted by Crippen LogP contribution is 2.56. The molecular formula is C29H53NO4P+. The van der Waals surface area contributed by atoms with Gasteiger partial charge in [-0.05, 0) is 87.9 Å². The Kier molecular flexibility index (Phi) is 10.00. The number of nitrogens with zero attached hydrogens (tertiary/aromatic N) is 1. The number of likely N-dealkylation sites (N-methyl/N-ethyl adjacent to an activating group) is 1. The predicted octanol–water partition coefficient (Wildman–Crippen LogP) is 7.64. The smallest absolute Gasteiger partial charge is 0.326 e. The maximum absolute atomic E-state index is 12.4. The van der Waals surface area contributed by atoms with Gasteiger partial charge in [0.05, 0.1) is 27.7 Å². The number of quaternary nitrogens is 1. The van der Waals surface area contributed by atoms with E-state index < -0.39 is 7.82 Å². The molecule has 5 saturated carbocycles. The number of allylic oxidation sites excluding steroid dienone is 2. The normalized spacial score (nSPS) is 33.9. The first-order valence-corrected chi connectivity index (χ1v) is 16.4. The molecule has 5 aliphatic rings. The Bertz CT molecular complexity index is 715. The second-order valence-corrected chi connectivity index (χ2v) is 14.6. The van der Waals surface area contributed by atoms with Gasteiger partial charge in [0, 0.05) is 6.42 Å². The summed E-state index contributed by atoms with van der Waals surface area (Å²) in [4.78, 5) is 10.1. The molecule has 0 aromatic carbocycles. The Balaban J connectivity index is 0.978. The molecule has 0 aromatic rings. The summed E-state index contributed by atoms with van der Waals surface area (Å²) in [5.74, 6) is 4.06. The molecule has 0 saturated heterocycles. The number of rotatable bonds is 15. The second-order valence-electron chi connectivity index (χ2n) is 13.2. The zero-order chi connectivity index (χ0) is 24.9. The molecule has 4 bridgehead atoms. The third-order valence-corrected chi connectivity index (χ3v) is 10.5. The number of hydrogen-bond donors (Lipinski definition) is 1. The molecule has 0 heterocycles. The predicted molar refractivity (Wildman–Crippen MR) is 143 cm³/mol. The fourth-order valence-electron chi connectivity index (χ4n) is 7.93. The molecule has 1 unspecified atom stereocenters. The van der Waals surface area contributed by atoms with Gasteiger partial charge in [-0.3, -0.25) is 9.05 Å². The van der Waals surface area contributed by atoms with E-state index in [4.69, 9.17) is 9.05 Å². The van der Waals surface area contributed by atoms with Crippen molar-refractivity contribution < 1.29 is 23.0 Å². The van der Waals surface area contributed by atoms with Crippen LogP contribution in [-0.2, 0) is 13.6 Å². The van der Waals surface area contributed by atoms with E-state index >= 15 is 0 Å². The van der Waals surface area contributed by atoms with E-state index in [0.29, 0.717) is 6.61 Å².